The van der Waals surface area contributed by atoms with Gasteiger partial charge in [0.05, 0.1) is 0 Å². The molecule has 0 aliphatic heterocycles. The second kappa shape index (κ2) is 12.6. The van der Waals surface area contributed by atoms with Crippen LogP contribution in [0, 0.1) is 6.92 Å². The Morgan fingerprint density at radius 3 is 2.38 bits per heavy atom. The summed E-state index contributed by atoms with van der Waals surface area (Å²) >= 11 is 0. The van der Waals surface area contributed by atoms with Crippen molar-refractivity contribution in [3.05, 3.63) is 65.2 Å². The molecule has 184 valence electrons. The zero-order valence-corrected chi connectivity index (χ0v) is 21.2. The number of benzene rings is 2. The molecule has 0 heterocycles. The van der Waals surface area contributed by atoms with E-state index < -0.39 is 6.04 Å². The third kappa shape index (κ3) is 7.34. The minimum atomic E-state index is -0.526. The summed E-state index contributed by atoms with van der Waals surface area (Å²) in [7, 11) is 0. The highest BCUT2D eigenvalue weighted by atomic mass is 16.5. The van der Waals surface area contributed by atoms with Gasteiger partial charge in [0.1, 0.15) is 11.8 Å². The first-order chi connectivity index (χ1) is 16.4. The SMILES string of the molecule is CCC(C(=O)NC1CCCCC1)N(Cc1cccc(C)c1)C(=O)COc1ccc(C(C)C)cc1. The zero-order valence-electron chi connectivity index (χ0n) is 21.2. The maximum atomic E-state index is 13.4. The molecule has 3 rings (SSSR count). The molecule has 1 N–H and O–H groups in total. The molecule has 2 amide bonds. The van der Waals surface area contributed by atoms with Crippen LogP contribution in [0.2, 0.25) is 0 Å². The van der Waals surface area contributed by atoms with E-state index in [-0.39, 0.29) is 24.5 Å². The van der Waals surface area contributed by atoms with Crippen LogP contribution in [0.5, 0.6) is 5.75 Å². The van der Waals surface area contributed by atoms with E-state index in [1.807, 2.05) is 56.3 Å². The summed E-state index contributed by atoms with van der Waals surface area (Å²) in [5.74, 6) is 0.859. The minimum absolute atomic E-state index is 0.0586. The number of carbonyl (C=O) groups is 2. The van der Waals surface area contributed by atoms with Crippen molar-refractivity contribution in [1.29, 1.82) is 0 Å². The Morgan fingerprint density at radius 1 is 1.06 bits per heavy atom. The third-order valence-corrected chi connectivity index (χ3v) is 6.68. The van der Waals surface area contributed by atoms with Crippen LogP contribution in [0.4, 0.5) is 0 Å². The molecule has 5 heteroatoms. The number of ether oxygens (including phenoxy) is 1. The van der Waals surface area contributed by atoms with Gasteiger partial charge in [-0.15, -0.1) is 0 Å². The van der Waals surface area contributed by atoms with E-state index in [0.717, 1.165) is 36.8 Å². The number of hydrogen-bond donors (Lipinski definition) is 1. The van der Waals surface area contributed by atoms with Crippen LogP contribution < -0.4 is 10.1 Å². The number of nitrogens with zero attached hydrogens (tertiary/aromatic N) is 1. The largest absolute Gasteiger partial charge is 0.484 e. The fourth-order valence-electron chi connectivity index (χ4n) is 4.65. The first-order valence-corrected chi connectivity index (χ1v) is 12.8. The van der Waals surface area contributed by atoms with Crippen molar-refractivity contribution in [2.24, 2.45) is 0 Å². The number of carbonyl (C=O) groups excluding carboxylic acids is 2. The molecule has 1 unspecified atom stereocenters. The summed E-state index contributed by atoms with van der Waals surface area (Å²) in [6, 6.07) is 15.6. The Morgan fingerprint density at radius 2 is 1.76 bits per heavy atom. The molecular formula is C29H40N2O3. The van der Waals surface area contributed by atoms with Crippen molar-refractivity contribution < 1.29 is 14.3 Å². The van der Waals surface area contributed by atoms with Gasteiger partial charge in [-0.25, -0.2) is 0 Å². The smallest absolute Gasteiger partial charge is 0.261 e. The Bertz CT molecular complexity index is 933. The van der Waals surface area contributed by atoms with E-state index in [1.165, 1.54) is 12.0 Å². The lowest BCUT2D eigenvalue weighted by Gasteiger charge is -2.32. The highest BCUT2D eigenvalue weighted by Crippen LogP contribution is 2.21. The van der Waals surface area contributed by atoms with E-state index in [0.29, 0.717) is 24.6 Å². The van der Waals surface area contributed by atoms with Gasteiger partial charge < -0.3 is 15.0 Å². The second-order valence-corrected chi connectivity index (χ2v) is 9.79. The van der Waals surface area contributed by atoms with Crippen LogP contribution in [0.15, 0.2) is 48.5 Å². The van der Waals surface area contributed by atoms with Crippen LogP contribution >= 0.6 is 0 Å². The quantitative estimate of drug-likeness (QED) is 0.487. The maximum absolute atomic E-state index is 13.4. The molecule has 0 aromatic heterocycles. The van der Waals surface area contributed by atoms with Gasteiger partial charge in [-0.3, -0.25) is 9.59 Å². The summed E-state index contributed by atoms with van der Waals surface area (Å²) in [5, 5.41) is 3.22. The standard InChI is InChI=1S/C29H40N2O3/c1-5-27(29(33)30-25-12-7-6-8-13-25)31(19-23-11-9-10-22(4)18-23)28(32)20-34-26-16-14-24(15-17-26)21(2)3/h9-11,14-18,21,25,27H,5-8,12-13,19-20H2,1-4H3,(H,30,33). The van der Waals surface area contributed by atoms with Crippen LogP contribution in [-0.2, 0) is 16.1 Å². The van der Waals surface area contributed by atoms with E-state index in [1.54, 1.807) is 4.90 Å². The Labute approximate surface area is 204 Å². The van der Waals surface area contributed by atoms with Crippen molar-refractivity contribution in [3.63, 3.8) is 0 Å². The summed E-state index contributed by atoms with van der Waals surface area (Å²) < 4.78 is 5.85. The van der Waals surface area contributed by atoms with E-state index in [2.05, 4.69) is 25.2 Å². The molecule has 2 aromatic rings. The molecule has 34 heavy (non-hydrogen) atoms. The van der Waals surface area contributed by atoms with Crippen LogP contribution in [0.1, 0.15) is 81.9 Å². The van der Waals surface area contributed by atoms with Gasteiger partial charge in [-0.1, -0.05) is 82.0 Å². The lowest BCUT2D eigenvalue weighted by molar-refractivity contribution is -0.143. The summed E-state index contributed by atoms with van der Waals surface area (Å²) in [6.07, 6.45) is 6.12. The van der Waals surface area contributed by atoms with E-state index in [4.69, 9.17) is 4.74 Å². The number of nitrogens with one attached hydrogen (secondary N) is 1. The molecule has 0 radical (unpaired) electrons. The van der Waals surface area contributed by atoms with Gasteiger partial charge in [-0.2, -0.15) is 0 Å². The predicted molar refractivity (Wildman–Crippen MR) is 137 cm³/mol. The van der Waals surface area contributed by atoms with Gasteiger partial charge in [0.15, 0.2) is 6.61 Å². The lowest BCUT2D eigenvalue weighted by Crippen LogP contribution is -2.52. The summed E-state index contributed by atoms with van der Waals surface area (Å²) in [5.41, 5.74) is 3.37. The average molecular weight is 465 g/mol. The topological polar surface area (TPSA) is 58.6 Å². The Kier molecular flexibility index (Phi) is 9.55. The Balaban J connectivity index is 1.73. The molecule has 1 fully saturated rings. The van der Waals surface area contributed by atoms with Gasteiger partial charge in [-0.05, 0) is 55.4 Å². The van der Waals surface area contributed by atoms with E-state index in [9.17, 15) is 9.59 Å². The van der Waals surface area contributed by atoms with Crippen molar-refractivity contribution in [2.45, 2.75) is 90.8 Å². The minimum Gasteiger partial charge on any atom is -0.484 e. The number of rotatable bonds is 10. The molecule has 0 spiro atoms. The lowest BCUT2D eigenvalue weighted by atomic mass is 9.95. The average Bonchev–Trinajstić information content (AvgIpc) is 2.83. The van der Waals surface area contributed by atoms with Crippen molar-refractivity contribution in [1.82, 2.24) is 10.2 Å². The predicted octanol–water partition coefficient (Wildman–Crippen LogP) is 5.75. The molecule has 1 saturated carbocycles. The zero-order chi connectivity index (χ0) is 24.5. The molecule has 1 aliphatic rings. The third-order valence-electron chi connectivity index (χ3n) is 6.68. The number of amides is 2. The molecule has 1 aliphatic carbocycles. The fraction of sp³-hybridized carbons (Fsp3) is 0.517. The number of aryl methyl sites for hydroxylation is 1. The molecular weight excluding hydrogens is 424 g/mol. The van der Waals surface area contributed by atoms with E-state index >= 15 is 0 Å². The first kappa shape index (κ1) is 25.8. The second-order valence-electron chi connectivity index (χ2n) is 9.79. The highest BCUT2D eigenvalue weighted by Gasteiger charge is 2.30. The number of hydrogen-bond acceptors (Lipinski definition) is 3. The maximum Gasteiger partial charge on any atom is 0.261 e. The fourth-order valence-corrected chi connectivity index (χ4v) is 4.65. The van der Waals surface area contributed by atoms with Crippen molar-refractivity contribution in [2.75, 3.05) is 6.61 Å². The molecule has 2 aromatic carbocycles. The molecule has 5 nitrogen and oxygen atoms in total. The summed E-state index contributed by atoms with van der Waals surface area (Å²) in [4.78, 5) is 28.4. The highest BCUT2D eigenvalue weighted by molar-refractivity contribution is 5.88. The molecule has 0 bridgehead atoms. The first-order valence-electron chi connectivity index (χ1n) is 12.8. The Hall–Kier alpha value is -2.82. The molecule has 0 saturated heterocycles. The van der Waals surface area contributed by atoms with Crippen molar-refractivity contribution >= 4 is 11.8 Å². The van der Waals surface area contributed by atoms with Gasteiger partial charge >= 0.3 is 0 Å². The van der Waals surface area contributed by atoms with Gasteiger partial charge in [0, 0.05) is 12.6 Å². The van der Waals surface area contributed by atoms with Gasteiger partial charge in [0.2, 0.25) is 5.91 Å². The molecule has 1 atom stereocenters. The van der Waals surface area contributed by atoms with Crippen molar-refractivity contribution in [3.8, 4) is 5.75 Å². The van der Waals surface area contributed by atoms with Crippen LogP contribution in [0.3, 0.4) is 0 Å². The normalized spacial score (nSPS) is 15.1. The monoisotopic (exact) mass is 464 g/mol. The summed E-state index contributed by atoms with van der Waals surface area (Å²) in [6.45, 7) is 8.57. The van der Waals surface area contributed by atoms with Crippen LogP contribution in [0.25, 0.3) is 0 Å². The van der Waals surface area contributed by atoms with Gasteiger partial charge in [0.25, 0.3) is 5.91 Å². The van der Waals surface area contributed by atoms with Crippen LogP contribution in [-0.4, -0.2) is 35.4 Å².